The van der Waals surface area contributed by atoms with Crippen molar-refractivity contribution in [2.45, 2.75) is 63.6 Å². The van der Waals surface area contributed by atoms with Crippen LogP contribution in [-0.2, 0) is 4.74 Å². The van der Waals surface area contributed by atoms with E-state index in [1.165, 1.54) is 38.5 Å². The summed E-state index contributed by atoms with van der Waals surface area (Å²) in [4.78, 5) is 0. The van der Waals surface area contributed by atoms with Gasteiger partial charge < -0.3 is 10.1 Å². The predicted molar refractivity (Wildman–Crippen MR) is 87.2 cm³/mol. The molecule has 1 saturated heterocycles. The molecule has 1 saturated carbocycles. The number of benzene rings is 1. The molecular formula is C17H23BrFNO. The summed E-state index contributed by atoms with van der Waals surface area (Å²) >= 11 is 3.22. The molecular weight excluding hydrogens is 333 g/mol. The second-order valence-corrected chi connectivity index (χ2v) is 7.34. The monoisotopic (exact) mass is 355 g/mol. The second-order valence-electron chi connectivity index (χ2n) is 6.48. The molecule has 1 aliphatic heterocycles. The molecule has 1 aliphatic carbocycles. The van der Waals surface area contributed by atoms with Crippen LogP contribution in [-0.4, -0.2) is 18.2 Å². The molecule has 0 bridgehead atoms. The lowest BCUT2D eigenvalue weighted by atomic mass is 9.83. The number of hydrogen-bond acceptors (Lipinski definition) is 2. The molecule has 2 fully saturated rings. The fraction of sp³-hybridized carbons (Fsp3) is 0.647. The van der Waals surface area contributed by atoms with Gasteiger partial charge in [0.25, 0.3) is 0 Å². The summed E-state index contributed by atoms with van der Waals surface area (Å²) in [6, 6.07) is 3.38. The van der Waals surface area contributed by atoms with E-state index in [-0.39, 0.29) is 17.5 Å². The second kappa shape index (κ2) is 6.25. The SMILES string of the molecule is Cc1cc(Br)c(F)cc1NCC1CCC2(CCCCC2)O1. The van der Waals surface area contributed by atoms with Gasteiger partial charge in [-0.15, -0.1) is 0 Å². The Labute approximate surface area is 134 Å². The van der Waals surface area contributed by atoms with E-state index in [9.17, 15) is 4.39 Å². The Morgan fingerprint density at radius 2 is 2.05 bits per heavy atom. The van der Waals surface area contributed by atoms with Crippen LogP contribution >= 0.6 is 15.9 Å². The van der Waals surface area contributed by atoms with Gasteiger partial charge in [0, 0.05) is 12.2 Å². The largest absolute Gasteiger partial charge is 0.382 e. The maximum Gasteiger partial charge on any atom is 0.139 e. The van der Waals surface area contributed by atoms with Gasteiger partial charge in [0.2, 0.25) is 0 Å². The smallest absolute Gasteiger partial charge is 0.139 e. The van der Waals surface area contributed by atoms with Gasteiger partial charge >= 0.3 is 0 Å². The molecule has 4 heteroatoms. The number of rotatable bonds is 3. The highest BCUT2D eigenvalue weighted by Gasteiger charge is 2.40. The number of halogens is 2. The van der Waals surface area contributed by atoms with Gasteiger partial charge in [-0.1, -0.05) is 19.3 Å². The van der Waals surface area contributed by atoms with Crippen LogP contribution in [0.2, 0.25) is 0 Å². The van der Waals surface area contributed by atoms with Crippen LogP contribution in [0.5, 0.6) is 0 Å². The number of ether oxygens (including phenoxy) is 1. The number of nitrogens with one attached hydrogen (secondary N) is 1. The average molecular weight is 356 g/mol. The topological polar surface area (TPSA) is 21.3 Å². The molecule has 0 radical (unpaired) electrons. The molecule has 1 spiro atoms. The lowest BCUT2D eigenvalue weighted by Gasteiger charge is -2.33. The first kappa shape index (κ1) is 15.3. The summed E-state index contributed by atoms with van der Waals surface area (Å²) in [5.41, 5.74) is 2.07. The zero-order chi connectivity index (χ0) is 14.9. The molecule has 1 N–H and O–H groups in total. The Kier molecular flexibility index (Phi) is 4.55. The summed E-state index contributed by atoms with van der Waals surface area (Å²) in [5.74, 6) is -0.223. The van der Waals surface area contributed by atoms with Crippen LogP contribution in [0.3, 0.4) is 0 Å². The standard InChI is InChI=1S/C17H23BrFNO/c1-12-9-14(18)15(19)10-16(12)20-11-13-5-8-17(21-13)6-3-2-4-7-17/h9-10,13,20H,2-8,11H2,1H3. The van der Waals surface area contributed by atoms with Gasteiger partial charge in [-0.2, -0.15) is 0 Å². The maximum absolute atomic E-state index is 13.6. The van der Waals surface area contributed by atoms with Gasteiger partial charge in [-0.25, -0.2) is 4.39 Å². The fourth-order valence-electron chi connectivity index (χ4n) is 3.66. The zero-order valence-electron chi connectivity index (χ0n) is 12.6. The van der Waals surface area contributed by atoms with Gasteiger partial charge in [0.05, 0.1) is 16.2 Å². The first-order valence-corrected chi connectivity index (χ1v) is 8.75. The first-order chi connectivity index (χ1) is 10.1. The summed E-state index contributed by atoms with van der Waals surface area (Å²) < 4.78 is 20.5. The molecule has 0 amide bonds. The summed E-state index contributed by atoms with van der Waals surface area (Å²) in [7, 11) is 0. The molecule has 2 aliphatic rings. The van der Waals surface area contributed by atoms with Crippen molar-refractivity contribution in [3.63, 3.8) is 0 Å². The Hall–Kier alpha value is -0.610. The Bertz CT molecular complexity index is 514. The number of aryl methyl sites for hydroxylation is 1. The Morgan fingerprint density at radius 3 is 2.81 bits per heavy atom. The molecule has 1 heterocycles. The van der Waals surface area contributed by atoms with Crippen molar-refractivity contribution in [3.8, 4) is 0 Å². The summed E-state index contributed by atoms with van der Waals surface area (Å²) in [6.45, 7) is 2.76. The third-order valence-electron chi connectivity index (χ3n) is 4.89. The summed E-state index contributed by atoms with van der Waals surface area (Å²) in [5, 5.41) is 3.36. The van der Waals surface area contributed by atoms with E-state index in [1.807, 2.05) is 13.0 Å². The van der Waals surface area contributed by atoms with E-state index < -0.39 is 0 Å². The quantitative estimate of drug-likeness (QED) is 0.805. The molecule has 1 atom stereocenters. The van der Waals surface area contributed by atoms with E-state index >= 15 is 0 Å². The van der Waals surface area contributed by atoms with Crippen molar-refractivity contribution in [1.29, 1.82) is 0 Å². The Morgan fingerprint density at radius 1 is 1.29 bits per heavy atom. The zero-order valence-corrected chi connectivity index (χ0v) is 14.1. The van der Waals surface area contributed by atoms with Crippen molar-refractivity contribution in [2.75, 3.05) is 11.9 Å². The van der Waals surface area contributed by atoms with Crippen molar-refractivity contribution in [3.05, 3.63) is 28.0 Å². The third-order valence-corrected chi connectivity index (χ3v) is 5.50. The highest BCUT2D eigenvalue weighted by molar-refractivity contribution is 9.10. The highest BCUT2D eigenvalue weighted by atomic mass is 79.9. The lowest BCUT2D eigenvalue weighted by molar-refractivity contribution is -0.0588. The highest BCUT2D eigenvalue weighted by Crippen LogP contribution is 2.41. The van der Waals surface area contributed by atoms with Crippen molar-refractivity contribution in [1.82, 2.24) is 0 Å². The van der Waals surface area contributed by atoms with E-state index in [1.54, 1.807) is 6.07 Å². The average Bonchev–Trinajstić information content (AvgIpc) is 2.85. The van der Waals surface area contributed by atoms with E-state index in [4.69, 9.17) is 4.74 Å². The molecule has 1 unspecified atom stereocenters. The van der Waals surface area contributed by atoms with Gasteiger partial charge in [0.1, 0.15) is 5.82 Å². The molecule has 1 aromatic carbocycles. The van der Waals surface area contributed by atoms with E-state index in [0.29, 0.717) is 4.47 Å². The molecule has 1 aromatic rings. The van der Waals surface area contributed by atoms with Crippen LogP contribution < -0.4 is 5.32 Å². The minimum Gasteiger partial charge on any atom is -0.382 e. The number of hydrogen-bond donors (Lipinski definition) is 1. The van der Waals surface area contributed by atoms with Crippen LogP contribution in [0, 0.1) is 12.7 Å². The van der Waals surface area contributed by atoms with Crippen molar-refractivity contribution < 1.29 is 9.13 Å². The summed E-state index contributed by atoms with van der Waals surface area (Å²) in [6.07, 6.45) is 8.96. The molecule has 116 valence electrons. The number of anilines is 1. The van der Waals surface area contributed by atoms with E-state index in [2.05, 4.69) is 21.2 Å². The third kappa shape index (κ3) is 3.42. The normalized spacial score (nSPS) is 24.4. The van der Waals surface area contributed by atoms with Crippen LogP contribution in [0.25, 0.3) is 0 Å². The van der Waals surface area contributed by atoms with Gasteiger partial charge in [-0.3, -0.25) is 0 Å². The van der Waals surface area contributed by atoms with Crippen LogP contribution in [0.1, 0.15) is 50.5 Å². The lowest BCUT2D eigenvalue weighted by Crippen LogP contribution is -2.33. The van der Waals surface area contributed by atoms with E-state index in [0.717, 1.165) is 24.2 Å². The first-order valence-electron chi connectivity index (χ1n) is 7.95. The van der Waals surface area contributed by atoms with Crippen molar-refractivity contribution in [2.24, 2.45) is 0 Å². The predicted octanol–water partition coefficient (Wildman–Crippen LogP) is 5.19. The van der Waals surface area contributed by atoms with Crippen LogP contribution in [0.15, 0.2) is 16.6 Å². The molecule has 3 rings (SSSR count). The Balaban J connectivity index is 1.58. The van der Waals surface area contributed by atoms with Crippen molar-refractivity contribution >= 4 is 21.6 Å². The minimum atomic E-state index is -0.223. The van der Waals surface area contributed by atoms with Gasteiger partial charge in [-0.05, 0) is 66.2 Å². The molecule has 0 aromatic heterocycles. The van der Waals surface area contributed by atoms with Gasteiger partial charge in [0.15, 0.2) is 0 Å². The molecule has 2 nitrogen and oxygen atoms in total. The fourth-order valence-corrected chi connectivity index (χ4v) is 4.12. The molecule has 21 heavy (non-hydrogen) atoms. The minimum absolute atomic E-state index is 0.157. The maximum atomic E-state index is 13.6. The van der Waals surface area contributed by atoms with Crippen LogP contribution in [0.4, 0.5) is 10.1 Å².